The third kappa shape index (κ3) is 2.69. The molecule has 21 heavy (non-hydrogen) atoms. The van der Waals surface area contributed by atoms with Crippen LogP contribution in [0.15, 0.2) is 41.9 Å². The first-order valence-corrected chi connectivity index (χ1v) is 7.82. The molecule has 0 radical (unpaired) electrons. The van der Waals surface area contributed by atoms with E-state index in [0.717, 1.165) is 21.5 Å². The standard InChI is InChI=1S/C17H18N2OS/c1-17(2,3)16-19-13(10-21-16)15(20)12-8-4-6-11-7-5-9-18-14(11)12/h4-10,15,20H,1-3H3. The lowest BCUT2D eigenvalue weighted by Gasteiger charge is -2.14. The van der Waals surface area contributed by atoms with E-state index in [2.05, 4.69) is 30.7 Å². The van der Waals surface area contributed by atoms with Crippen LogP contribution in [0.4, 0.5) is 0 Å². The smallest absolute Gasteiger partial charge is 0.124 e. The topological polar surface area (TPSA) is 46.0 Å². The zero-order valence-electron chi connectivity index (χ0n) is 12.4. The van der Waals surface area contributed by atoms with Crippen LogP contribution < -0.4 is 0 Å². The van der Waals surface area contributed by atoms with Gasteiger partial charge in [-0.2, -0.15) is 0 Å². The van der Waals surface area contributed by atoms with E-state index in [0.29, 0.717) is 5.69 Å². The van der Waals surface area contributed by atoms with Gasteiger partial charge < -0.3 is 5.11 Å². The molecule has 0 saturated heterocycles. The lowest BCUT2D eigenvalue weighted by atomic mass is 9.98. The molecule has 108 valence electrons. The largest absolute Gasteiger partial charge is 0.382 e. The van der Waals surface area contributed by atoms with Crippen LogP contribution in [-0.2, 0) is 5.41 Å². The third-order valence-corrected chi connectivity index (χ3v) is 4.69. The number of para-hydroxylation sites is 1. The molecule has 0 amide bonds. The Bertz CT molecular complexity index is 768. The summed E-state index contributed by atoms with van der Waals surface area (Å²) in [4.78, 5) is 9.00. The summed E-state index contributed by atoms with van der Waals surface area (Å²) in [5, 5.41) is 14.7. The number of thiazole rings is 1. The highest BCUT2D eigenvalue weighted by Crippen LogP contribution is 2.32. The highest BCUT2D eigenvalue weighted by Gasteiger charge is 2.22. The van der Waals surface area contributed by atoms with E-state index < -0.39 is 6.10 Å². The Hall–Kier alpha value is -1.78. The van der Waals surface area contributed by atoms with Crippen molar-refractivity contribution in [2.45, 2.75) is 32.3 Å². The number of fused-ring (bicyclic) bond motifs is 1. The Morgan fingerprint density at radius 2 is 1.90 bits per heavy atom. The summed E-state index contributed by atoms with van der Waals surface area (Å²) in [6, 6.07) is 9.76. The van der Waals surface area contributed by atoms with Gasteiger partial charge in [-0.1, -0.05) is 45.0 Å². The van der Waals surface area contributed by atoms with E-state index in [1.165, 1.54) is 0 Å². The number of aromatic nitrogens is 2. The molecule has 4 heteroatoms. The Morgan fingerprint density at radius 1 is 1.14 bits per heavy atom. The van der Waals surface area contributed by atoms with Crippen LogP contribution >= 0.6 is 11.3 Å². The third-order valence-electron chi connectivity index (χ3n) is 3.40. The summed E-state index contributed by atoms with van der Waals surface area (Å²) < 4.78 is 0. The number of aliphatic hydroxyl groups is 1. The van der Waals surface area contributed by atoms with E-state index >= 15 is 0 Å². The SMILES string of the molecule is CC(C)(C)c1nc(C(O)c2cccc3cccnc23)cs1. The number of nitrogens with zero attached hydrogens (tertiary/aromatic N) is 2. The average Bonchev–Trinajstić information content (AvgIpc) is 2.96. The molecule has 2 heterocycles. The van der Waals surface area contributed by atoms with Gasteiger partial charge in [0, 0.05) is 27.9 Å². The molecule has 2 aromatic heterocycles. The van der Waals surface area contributed by atoms with Gasteiger partial charge >= 0.3 is 0 Å². The van der Waals surface area contributed by atoms with Gasteiger partial charge in [0.25, 0.3) is 0 Å². The Labute approximate surface area is 128 Å². The maximum atomic E-state index is 10.7. The maximum absolute atomic E-state index is 10.7. The van der Waals surface area contributed by atoms with Crippen molar-refractivity contribution in [2.75, 3.05) is 0 Å². The number of benzene rings is 1. The van der Waals surface area contributed by atoms with Gasteiger partial charge in [0.2, 0.25) is 0 Å². The van der Waals surface area contributed by atoms with E-state index in [-0.39, 0.29) is 5.41 Å². The lowest BCUT2D eigenvalue weighted by Crippen LogP contribution is -2.11. The molecular weight excluding hydrogens is 280 g/mol. The van der Waals surface area contributed by atoms with Crippen LogP contribution in [0.3, 0.4) is 0 Å². The van der Waals surface area contributed by atoms with E-state index in [4.69, 9.17) is 0 Å². The maximum Gasteiger partial charge on any atom is 0.124 e. The quantitative estimate of drug-likeness (QED) is 0.775. The molecule has 1 unspecified atom stereocenters. The molecule has 0 spiro atoms. The molecule has 0 aliphatic carbocycles. The van der Waals surface area contributed by atoms with Gasteiger partial charge in [-0.05, 0) is 6.07 Å². The minimum absolute atomic E-state index is 0.000355. The van der Waals surface area contributed by atoms with Crippen LogP contribution in [0.2, 0.25) is 0 Å². The average molecular weight is 298 g/mol. The Kier molecular flexibility index (Phi) is 3.51. The van der Waals surface area contributed by atoms with Crippen molar-refractivity contribution in [3.8, 4) is 0 Å². The summed E-state index contributed by atoms with van der Waals surface area (Å²) in [6.07, 6.45) is 1.01. The molecule has 3 nitrogen and oxygen atoms in total. The number of hydrogen-bond acceptors (Lipinski definition) is 4. The first-order valence-electron chi connectivity index (χ1n) is 6.94. The fourth-order valence-corrected chi connectivity index (χ4v) is 3.19. The second-order valence-electron chi connectivity index (χ2n) is 6.15. The minimum atomic E-state index is -0.740. The second kappa shape index (κ2) is 5.20. The van der Waals surface area contributed by atoms with E-state index in [1.807, 2.05) is 35.7 Å². The first kappa shape index (κ1) is 14.2. The molecular formula is C17H18N2OS. The predicted molar refractivity (Wildman–Crippen MR) is 86.6 cm³/mol. The molecule has 1 atom stereocenters. The highest BCUT2D eigenvalue weighted by molar-refractivity contribution is 7.09. The molecule has 0 fully saturated rings. The highest BCUT2D eigenvalue weighted by atomic mass is 32.1. The minimum Gasteiger partial charge on any atom is -0.382 e. The van der Waals surface area contributed by atoms with Crippen LogP contribution in [0.1, 0.15) is 43.1 Å². The molecule has 0 bridgehead atoms. The van der Waals surface area contributed by atoms with Crippen molar-refractivity contribution in [1.29, 1.82) is 0 Å². The summed E-state index contributed by atoms with van der Waals surface area (Å²) in [6.45, 7) is 6.38. The molecule has 1 N–H and O–H groups in total. The van der Waals surface area contributed by atoms with Crippen molar-refractivity contribution in [1.82, 2.24) is 9.97 Å². The summed E-state index contributed by atoms with van der Waals surface area (Å²) >= 11 is 1.59. The fourth-order valence-electron chi connectivity index (χ4n) is 2.26. The van der Waals surface area contributed by atoms with Gasteiger partial charge in [-0.25, -0.2) is 4.98 Å². The Morgan fingerprint density at radius 3 is 2.62 bits per heavy atom. The van der Waals surface area contributed by atoms with Gasteiger partial charge in [-0.15, -0.1) is 11.3 Å². The molecule has 1 aromatic carbocycles. The number of pyridine rings is 1. The van der Waals surface area contributed by atoms with Gasteiger partial charge in [-0.3, -0.25) is 4.98 Å². The number of hydrogen-bond donors (Lipinski definition) is 1. The lowest BCUT2D eigenvalue weighted by molar-refractivity contribution is 0.217. The van der Waals surface area contributed by atoms with Crippen molar-refractivity contribution < 1.29 is 5.11 Å². The fraction of sp³-hybridized carbons (Fsp3) is 0.294. The van der Waals surface area contributed by atoms with Gasteiger partial charge in [0.05, 0.1) is 16.2 Å². The molecule has 0 saturated carbocycles. The van der Waals surface area contributed by atoms with Crippen molar-refractivity contribution in [2.24, 2.45) is 0 Å². The van der Waals surface area contributed by atoms with Crippen molar-refractivity contribution in [3.05, 3.63) is 58.2 Å². The first-order chi connectivity index (χ1) is 9.97. The number of rotatable bonds is 2. The van der Waals surface area contributed by atoms with Crippen LogP contribution in [0, 0.1) is 0 Å². The van der Waals surface area contributed by atoms with E-state index in [9.17, 15) is 5.11 Å². The van der Waals surface area contributed by atoms with Crippen molar-refractivity contribution >= 4 is 22.2 Å². The summed E-state index contributed by atoms with van der Waals surface area (Å²) in [7, 11) is 0. The zero-order valence-corrected chi connectivity index (χ0v) is 13.2. The second-order valence-corrected chi connectivity index (χ2v) is 7.01. The molecule has 3 rings (SSSR count). The number of aliphatic hydroxyl groups excluding tert-OH is 1. The molecule has 0 aliphatic rings. The molecule has 3 aromatic rings. The van der Waals surface area contributed by atoms with Crippen LogP contribution in [0.5, 0.6) is 0 Å². The zero-order chi connectivity index (χ0) is 15.0. The van der Waals surface area contributed by atoms with Crippen LogP contribution in [-0.4, -0.2) is 15.1 Å². The predicted octanol–water partition coefficient (Wildman–Crippen LogP) is 4.07. The van der Waals surface area contributed by atoms with Gasteiger partial charge in [0.15, 0.2) is 0 Å². The van der Waals surface area contributed by atoms with Gasteiger partial charge in [0.1, 0.15) is 6.10 Å². The Balaban J connectivity index is 2.05. The molecule has 0 aliphatic heterocycles. The van der Waals surface area contributed by atoms with Crippen molar-refractivity contribution in [3.63, 3.8) is 0 Å². The normalized spacial score (nSPS) is 13.5. The summed E-state index contributed by atoms with van der Waals surface area (Å²) in [5.74, 6) is 0. The van der Waals surface area contributed by atoms with E-state index in [1.54, 1.807) is 17.5 Å². The monoisotopic (exact) mass is 298 g/mol. The summed E-state index contributed by atoms with van der Waals surface area (Å²) in [5.41, 5.74) is 2.33. The van der Waals surface area contributed by atoms with Crippen LogP contribution in [0.25, 0.3) is 10.9 Å².